The minimum absolute atomic E-state index is 0.115. The highest BCUT2D eigenvalue weighted by molar-refractivity contribution is 5.08. The molecule has 0 unspecified atom stereocenters. The van der Waals surface area contributed by atoms with Gasteiger partial charge in [0.1, 0.15) is 0 Å². The van der Waals surface area contributed by atoms with Gasteiger partial charge in [0.15, 0.2) is 0 Å². The topological polar surface area (TPSA) is 12.5 Å². The molecule has 31 heavy (non-hydrogen) atoms. The molecule has 0 saturated carbocycles. The maximum absolute atomic E-state index is 6.07. The van der Waals surface area contributed by atoms with E-state index in [1.807, 2.05) is 0 Å². The molecule has 0 bridgehead atoms. The highest BCUT2D eigenvalue weighted by Crippen LogP contribution is 2.43. The maximum atomic E-state index is 6.07. The molecule has 0 spiro atoms. The van der Waals surface area contributed by atoms with E-state index in [0.717, 1.165) is 32.1 Å². The Morgan fingerprint density at radius 2 is 1.03 bits per heavy atom. The molecule has 0 aromatic heterocycles. The van der Waals surface area contributed by atoms with Gasteiger partial charge >= 0.3 is 0 Å². The molecule has 2 atom stereocenters. The first kappa shape index (κ1) is 27.7. The van der Waals surface area contributed by atoms with Crippen molar-refractivity contribution >= 4 is 0 Å². The van der Waals surface area contributed by atoms with Crippen molar-refractivity contribution in [1.29, 1.82) is 0 Å². The van der Waals surface area contributed by atoms with Gasteiger partial charge < -0.3 is 4.74 Å². The Labute approximate surface area is 194 Å². The van der Waals surface area contributed by atoms with Crippen LogP contribution in [-0.4, -0.2) is 11.7 Å². The van der Waals surface area contributed by atoms with Crippen LogP contribution >= 0.6 is 0 Å². The lowest BCUT2D eigenvalue weighted by atomic mass is 9.97. The largest absolute Gasteiger partial charge is 0.366 e. The predicted octanol–water partition coefficient (Wildman–Crippen LogP) is 9.82. The first-order valence-electron chi connectivity index (χ1n) is 12.5. The molecular formula is C30H50O. The molecule has 1 saturated heterocycles. The molecule has 1 rings (SSSR count). The van der Waals surface area contributed by atoms with Gasteiger partial charge in [-0.15, -0.1) is 0 Å². The lowest BCUT2D eigenvalue weighted by Crippen LogP contribution is -2.09. The second-order valence-electron chi connectivity index (χ2n) is 10.4. The van der Waals surface area contributed by atoms with Crippen LogP contribution in [-0.2, 0) is 4.74 Å². The first-order chi connectivity index (χ1) is 14.6. The summed E-state index contributed by atoms with van der Waals surface area (Å²) in [5.41, 5.74) is 7.51. The normalized spacial score (nSPS) is 21.8. The molecule has 1 aliphatic heterocycles. The van der Waals surface area contributed by atoms with E-state index in [1.165, 1.54) is 60.0 Å². The molecule has 1 nitrogen and oxygen atoms in total. The van der Waals surface area contributed by atoms with Gasteiger partial charge in [-0.3, -0.25) is 0 Å². The smallest absolute Gasteiger partial charge is 0.0923 e. The summed E-state index contributed by atoms with van der Waals surface area (Å²) in [6.07, 6.45) is 24.0. The van der Waals surface area contributed by atoms with Gasteiger partial charge in [0.05, 0.1) is 11.7 Å². The van der Waals surface area contributed by atoms with E-state index in [9.17, 15) is 0 Å². The van der Waals surface area contributed by atoms with Crippen molar-refractivity contribution in [1.82, 2.24) is 0 Å². The monoisotopic (exact) mass is 426 g/mol. The van der Waals surface area contributed by atoms with Crippen molar-refractivity contribution in [2.75, 3.05) is 0 Å². The van der Waals surface area contributed by atoms with Crippen molar-refractivity contribution in [3.63, 3.8) is 0 Å². The highest BCUT2D eigenvalue weighted by Gasteiger charge is 2.50. The number of ether oxygens (including phenoxy) is 1. The third-order valence-electron chi connectivity index (χ3n) is 6.30. The van der Waals surface area contributed by atoms with Crippen molar-refractivity contribution in [2.24, 2.45) is 0 Å². The summed E-state index contributed by atoms with van der Waals surface area (Å²) in [6, 6.07) is 0. The quantitative estimate of drug-likeness (QED) is 0.187. The van der Waals surface area contributed by atoms with Crippen LogP contribution in [0.4, 0.5) is 0 Å². The lowest BCUT2D eigenvalue weighted by Gasteiger charge is -2.05. The van der Waals surface area contributed by atoms with Gasteiger partial charge in [-0.05, 0) is 120 Å². The predicted molar refractivity (Wildman–Crippen MR) is 140 cm³/mol. The molecule has 1 heterocycles. The van der Waals surface area contributed by atoms with Gasteiger partial charge in [-0.2, -0.15) is 0 Å². The second kappa shape index (κ2) is 14.7. The third-order valence-corrected chi connectivity index (χ3v) is 6.30. The second-order valence-corrected chi connectivity index (χ2v) is 10.4. The number of allylic oxidation sites excluding steroid dienone is 10. The standard InChI is InChI=1S/C30H50O/c1-24(2)14-9-16-26(5)18-11-19-27(6)20-12-22-29-30(8,31-29)23-13-21-28(7)17-10-15-25(3)4/h14-15,18,20-21,29H,9-13,16-17,19,22-23H2,1-8H3/b26-18+,27-20+,28-21+/t29-,30-/m1/s1. The summed E-state index contributed by atoms with van der Waals surface area (Å²) in [5, 5.41) is 0. The van der Waals surface area contributed by atoms with Gasteiger partial charge in [-0.1, -0.05) is 58.2 Å². The third kappa shape index (κ3) is 13.6. The summed E-state index contributed by atoms with van der Waals surface area (Å²) in [4.78, 5) is 0. The van der Waals surface area contributed by atoms with Crippen LogP contribution in [0.3, 0.4) is 0 Å². The molecule has 0 amide bonds. The van der Waals surface area contributed by atoms with E-state index in [2.05, 4.69) is 85.8 Å². The van der Waals surface area contributed by atoms with E-state index >= 15 is 0 Å². The molecule has 176 valence electrons. The zero-order chi connectivity index (χ0) is 23.3. The number of hydrogen-bond acceptors (Lipinski definition) is 1. The zero-order valence-corrected chi connectivity index (χ0v) is 21.9. The van der Waals surface area contributed by atoms with Crippen LogP contribution in [0.15, 0.2) is 58.2 Å². The van der Waals surface area contributed by atoms with Gasteiger partial charge in [0, 0.05) is 0 Å². The molecule has 0 radical (unpaired) electrons. The van der Waals surface area contributed by atoms with Crippen LogP contribution in [0.5, 0.6) is 0 Å². The fourth-order valence-corrected chi connectivity index (χ4v) is 3.99. The number of epoxide rings is 1. The van der Waals surface area contributed by atoms with Crippen LogP contribution in [0.25, 0.3) is 0 Å². The average Bonchev–Trinajstić information content (AvgIpc) is 3.30. The van der Waals surface area contributed by atoms with E-state index < -0.39 is 0 Å². The summed E-state index contributed by atoms with van der Waals surface area (Å²) in [7, 11) is 0. The summed E-state index contributed by atoms with van der Waals surface area (Å²) < 4.78 is 6.07. The number of rotatable bonds is 15. The Bertz CT molecular complexity index is 677. The fraction of sp³-hybridized carbons (Fsp3) is 0.667. The maximum Gasteiger partial charge on any atom is 0.0923 e. The van der Waals surface area contributed by atoms with Crippen LogP contribution < -0.4 is 0 Å². The van der Waals surface area contributed by atoms with Crippen LogP contribution in [0.1, 0.15) is 120 Å². The minimum Gasteiger partial charge on any atom is -0.366 e. The zero-order valence-electron chi connectivity index (χ0n) is 21.9. The van der Waals surface area contributed by atoms with Crippen molar-refractivity contribution in [2.45, 2.75) is 131 Å². The summed E-state index contributed by atoms with van der Waals surface area (Å²) >= 11 is 0. The Hall–Kier alpha value is -1.34. The van der Waals surface area contributed by atoms with Crippen molar-refractivity contribution in [3.05, 3.63) is 58.2 Å². The van der Waals surface area contributed by atoms with E-state index in [0.29, 0.717) is 6.10 Å². The summed E-state index contributed by atoms with van der Waals surface area (Å²) in [6.45, 7) is 17.8. The molecule has 0 aromatic carbocycles. The fourth-order valence-electron chi connectivity index (χ4n) is 3.99. The number of hydrogen-bond donors (Lipinski definition) is 0. The summed E-state index contributed by atoms with van der Waals surface area (Å²) in [5.74, 6) is 0. The molecule has 1 fully saturated rings. The average molecular weight is 427 g/mol. The van der Waals surface area contributed by atoms with Gasteiger partial charge in [0.25, 0.3) is 0 Å². The molecule has 0 aromatic rings. The van der Waals surface area contributed by atoms with Gasteiger partial charge in [-0.25, -0.2) is 0 Å². The molecule has 1 heteroatoms. The molecule has 1 aliphatic rings. The lowest BCUT2D eigenvalue weighted by molar-refractivity contribution is 0.295. The van der Waals surface area contributed by atoms with Crippen LogP contribution in [0, 0.1) is 0 Å². The Morgan fingerprint density at radius 3 is 1.52 bits per heavy atom. The molecule has 0 aliphatic carbocycles. The molecular weight excluding hydrogens is 376 g/mol. The van der Waals surface area contributed by atoms with Gasteiger partial charge in [0.2, 0.25) is 0 Å². The molecule has 0 N–H and O–H groups in total. The first-order valence-corrected chi connectivity index (χ1v) is 12.5. The van der Waals surface area contributed by atoms with Crippen molar-refractivity contribution in [3.8, 4) is 0 Å². The van der Waals surface area contributed by atoms with E-state index in [1.54, 1.807) is 0 Å². The Morgan fingerprint density at radius 1 is 0.613 bits per heavy atom. The Kier molecular flexibility index (Phi) is 13.1. The van der Waals surface area contributed by atoms with E-state index in [4.69, 9.17) is 4.74 Å². The van der Waals surface area contributed by atoms with E-state index in [-0.39, 0.29) is 5.60 Å². The highest BCUT2D eigenvalue weighted by atomic mass is 16.6. The SMILES string of the molecule is CC(C)=CCC/C(C)=C/CC/C(C)=C/CC[C@H]1O[C@]1(C)CC/C=C(\C)CCC=C(C)C. The Balaban J connectivity index is 2.21. The van der Waals surface area contributed by atoms with Crippen molar-refractivity contribution < 1.29 is 4.74 Å². The van der Waals surface area contributed by atoms with Crippen LogP contribution in [0.2, 0.25) is 0 Å². The minimum atomic E-state index is 0.115.